The maximum Gasteiger partial charge on any atom is 0.328 e. The van der Waals surface area contributed by atoms with Gasteiger partial charge in [0.2, 0.25) is 11.7 Å². The monoisotopic (exact) mass is 329 g/mol. The van der Waals surface area contributed by atoms with Crippen molar-refractivity contribution >= 4 is 17.7 Å². The first-order chi connectivity index (χ1) is 11.4. The summed E-state index contributed by atoms with van der Waals surface area (Å²) >= 11 is 0. The number of esters is 1. The molecular weight excluding hydrogens is 310 g/mol. The van der Waals surface area contributed by atoms with Gasteiger partial charge in [0.15, 0.2) is 5.76 Å². The molecule has 0 saturated carbocycles. The van der Waals surface area contributed by atoms with Gasteiger partial charge >= 0.3 is 5.97 Å². The summed E-state index contributed by atoms with van der Waals surface area (Å²) in [7, 11) is 1.26. The van der Waals surface area contributed by atoms with E-state index in [0.29, 0.717) is 11.1 Å². The molecule has 1 unspecified atom stereocenters. The molecule has 0 bridgehead atoms. The number of ketones is 1. The quantitative estimate of drug-likeness (QED) is 0.649. The normalized spacial score (nSPS) is 13.0. The standard InChI is InChI=1S/C18H19NO5/c1-11(17(21)19-12(2)18(22)23-3)13-6-4-7-14(10-13)16(20)15-8-5-9-24-15/h4-12H,1-3H3,(H,19,21)/t11-,12?/m1/s1. The van der Waals surface area contributed by atoms with Crippen LogP contribution < -0.4 is 5.32 Å². The number of carbonyl (C=O) groups is 3. The number of methoxy groups -OCH3 is 1. The first kappa shape index (κ1) is 17.5. The smallest absolute Gasteiger partial charge is 0.328 e. The Bertz CT molecular complexity index is 736. The van der Waals surface area contributed by atoms with E-state index in [-0.39, 0.29) is 17.5 Å². The molecule has 1 amide bonds. The van der Waals surface area contributed by atoms with Crippen molar-refractivity contribution in [2.75, 3.05) is 7.11 Å². The first-order valence-corrected chi connectivity index (χ1v) is 7.50. The molecule has 0 radical (unpaired) electrons. The Kier molecular flexibility index (Phi) is 5.52. The summed E-state index contributed by atoms with van der Waals surface area (Å²) in [4.78, 5) is 36.0. The summed E-state index contributed by atoms with van der Waals surface area (Å²) in [6.45, 7) is 3.25. The van der Waals surface area contributed by atoms with Crippen LogP contribution in [0.1, 0.15) is 41.4 Å². The van der Waals surface area contributed by atoms with Crippen molar-refractivity contribution in [1.82, 2.24) is 5.32 Å². The summed E-state index contributed by atoms with van der Waals surface area (Å²) < 4.78 is 9.69. The zero-order chi connectivity index (χ0) is 17.7. The molecule has 0 aliphatic rings. The number of nitrogens with one attached hydrogen (secondary N) is 1. The predicted octanol–water partition coefficient (Wildman–Crippen LogP) is 2.29. The summed E-state index contributed by atoms with van der Waals surface area (Å²) in [6.07, 6.45) is 1.43. The molecule has 2 aromatic rings. The van der Waals surface area contributed by atoms with Crippen molar-refractivity contribution in [3.8, 4) is 0 Å². The van der Waals surface area contributed by atoms with E-state index in [2.05, 4.69) is 10.1 Å². The molecule has 2 atom stereocenters. The van der Waals surface area contributed by atoms with Gasteiger partial charge in [-0.15, -0.1) is 0 Å². The zero-order valence-electron chi connectivity index (χ0n) is 13.7. The van der Waals surface area contributed by atoms with Crippen LogP contribution in [0.15, 0.2) is 47.1 Å². The summed E-state index contributed by atoms with van der Waals surface area (Å²) in [5, 5.41) is 2.59. The Morgan fingerprint density at radius 1 is 1.12 bits per heavy atom. The second-order valence-corrected chi connectivity index (χ2v) is 5.41. The fourth-order valence-electron chi connectivity index (χ4n) is 2.22. The SMILES string of the molecule is COC(=O)C(C)NC(=O)[C@H](C)c1cccc(C(=O)c2ccco2)c1. The molecule has 24 heavy (non-hydrogen) atoms. The van der Waals surface area contributed by atoms with Gasteiger partial charge in [0, 0.05) is 5.56 Å². The van der Waals surface area contributed by atoms with Crippen LogP contribution in [0.4, 0.5) is 0 Å². The lowest BCUT2D eigenvalue weighted by Crippen LogP contribution is -2.41. The fraction of sp³-hybridized carbons (Fsp3) is 0.278. The number of ether oxygens (including phenoxy) is 1. The number of furan rings is 1. The third-order valence-corrected chi connectivity index (χ3v) is 3.70. The van der Waals surface area contributed by atoms with Crippen molar-refractivity contribution in [3.05, 3.63) is 59.5 Å². The van der Waals surface area contributed by atoms with Gasteiger partial charge in [-0.2, -0.15) is 0 Å². The van der Waals surface area contributed by atoms with Crippen LogP contribution in [-0.4, -0.2) is 30.8 Å². The predicted molar refractivity (Wildman–Crippen MR) is 86.6 cm³/mol. The van der Waals surface area contributed by atoms with Gasteiger partial charge < -0.3 is 14.5 Å². The van der Waals surface area contributed by atoms with Crippen LogP contribution in [0.3, 0.4) is 0 Å². The molecule has 0 saturated heterocycles. The van der Waals surface area contributed by atoms with Gasteiger partial charge in [0.25, 0.3) is 0 Å². The second kappa shape index (κ2) is 7.59. The number of hydrogen-bond acceptors (Lipinski definition) is 5. The highest BCUT2D eigenvalue weighted by Crippen LogP contribution is 2.19. The third kappa shape index (κ3) is 3.90. The van der Waals surface area contributed by atoms with Gasteiger partial charge in [0.05, 0.1) is 19.3 Å². The Hall–Kier alpha value is -2.89. The van der Waals surface area contributed by atoms with Crippen molar-refractivity contribution in [2.24, 2.45) is 0 Å². The molecule has 2 rings (SSSR count). The number of carbonyl (C=O) groups excluding carboxylic acids is 3. The van der Waals surface area contributed by atoms with Gasteiger partial charge in [-0.3, -0.25) is 9.59 Å². The first-order valence-electron chi connectivity index (χ1n) is 7.50. The average molecular weight is 329 g/mol. The van der Waals surface area contributed by atoms with Crippen LogP contribution in [0.25, 0.3) is 0 Å². The van der Waals surface area contributed by atoms with E-state index in [4.69, 9.17) is 4.42 Å². The maximum absolute atomic E-state index is 12.3. The Balaban J connectivity index is 2.14. The summed E-state index contributed by atoms with van der Waals surface area (Å²) in [6, 6.07) is 9.27. The number of amides is 1. The van der Waals surface area contributed by atoms with E-state index in [1.165, 1.54) is 13.4 Å². The Morgan fingerprint density at radius 3 is 2.50 bits per heavy atom. The molecule has 0 fully saturated rings. The van der Waals surface area contributed by atoms with Crippen LogP contribution in [0.2, 0.25) is 0 Å². The molecule has 1 N–H and O–H groups in total. The van der Waals surface area contributed by atoms with Crippen molar-refractivity contribution < 1.29 is 23.5 Å². The van der Waals surface area contributed by atoms with Crippen LogP contribution >= 0.6 is 0 Å². The van der Waals surface area contributed by atoms with Gasteiger partial charge in [0.1, 0.15) is 6.04 Å². The van der Waals surface area contributed by atoms with E-state index >= 15 is 0 Å². The minimum Gasteiger partial charge on any atom is -0.467 e. The van der Waals surface area contributed by atoms with Gasteiger partial charge in [-0.1, -0.05) is 18.2 Å². The highest BCUT2D eigenvalue weighted by atomic mass is 16.5. The minimum atomic E-state index is -0.738. The van der Waals surface area contributed by atoms with Crippen molar-refractivity contribution in [1.29, 1.82) is 0 Å². The minimum absolute atomic E-state index is 0.239. The molecule has 1 heterocycles. The Morgan fingerprint density at radius 2 is 1.88 bits per heavy atom. The van der Waals surface area contributed by atoms with E-state index in [1.54, 1.807) is 50.2 Å². The summed E-state index contributed by atoms with van der Waals surface area (Å²) in [5.74, 6) is -1.38. The Labute approximate surface area is 139 Å². The molecule has 6 heteroatoms. The van der Waals surface area contributed by atoms with Crippen LogP contribution in [0.5, 0.6) is 0 Å². The summed E-state index contributed by atoms with van der Waals surface area (Å²) in [5.41, 5.74) is 1.10. The highest BCUT2D eigenvalue weighted by molar-refractivity contribution is 6.07. The van der Waals surface area contributed by atoms with Gasteiger partial charge in [-0.05, 0) is 37.6 Å². The second-order valence-electron chi connectivity index (χ2n) is 5.41. The van der Waals surface area contributed by atoms with Crippen LogP contribution in [-0.2, 0) is 14.3 Å². The highest BCUT2D eigenvalue weighted by Gasteiger charge is 2.22. The zero-order valence-corrected chi connectivity index (χ0v) is 13.7. The number of rotatable bonds is 6. The average Bonchev–Trinajstić information content (AvgIpc) is 3.14. The largest absolute Gasteiger partial charge is 0.467 e. The van der Waals surface area contributed by atoms with Crippen LogP contribution in [0, 0.1) is 0 Å². The van der Waals surface area contributed by atoms with E-state index < -0.39 is 17.9 Å². The van der Waals surface area contributed by atoms with E-state index in [0.717, 1.165) is 0 Å². The third-order valence-electron chi connectivity index (χ3n) is 3.70. The molecule has 0 aliphatic carbocycles. The molecular formula is C18H19NO5. The topological polar surface area (TPSA) is 85.6 Å². The van der Waals surface area contributed by atoms with Crippen molar-refractivity contribution in [3.63, 3.8) is 0 Å². The molecule has 1 aromatic carbocycles. The lowest BCUT2D eigenvalue weighted by atomic mass is 9.96. The molecule has 6 nitrogen and oxygen atoms in total. The molecule has 1 aromatic heterocycles. The number of benzene rings is 1. The van der Waals surface area contributed by atoms with Crippen molar-refractivity contribution in [2.45, 2.75) is 25.8 Å². The van der Waals surface area contributed by atoms with Gasteiger partial charge in [-0.25, -0.2) is 4.79 Å². The van der Waals surface area contributed by atoms with E-state index in [9.17, 15) is 14.4 Å². The molecule has 0 aliphatic heterocycles. The maximum atomic E-state index is 12.3. The lowest BCUT2D eigenvalue weighted by molar-refractivity contribution is -0.144. The fourth-order valence-corrected chi connectivity index (χ4v) is 2.22. The molecule has 126 valence electrons. The lowest BCUT2D eigenvalue weighted by Gasteiger charge is -2.16. The molecule has 0 spiro atoms. The number of hydrogen-bond donors (Lipinski definition) is 1. The van der Waals surface area contributed by atoms with E-state index in [1.807, 2.05) is 0 Å².